The monoisotopic (exact) mass is 411 g/mol. The number of aryl methyl sites for hydroxylation is 1. The molecule has 28 heavy (non-hydrogen) atoms. The molecule has 0 N–H and O–H groups in total. The number of carbonyl (C=O) groups excluding carboxylic acids is 1. The van der Waals surface area contributed by atoms with E-state index in [0.29, 0.717) is 6.42 Å². The van der Waals surface area contributed by atoms with E-state index in [0.717, 1.165) is 63.4 Å². The summed E-state index contributed by atoms with van der Waals surface area (Å²) in [5.41, 5.74) is 2.59. The van der Waals surface area contributed by atoms with Crippen LogP contribution in [0.3, 0.4) is 0 Å². The van der Waals surface area contributed by atoms with Gasteiger partial charge in [0.25, 0.3) is 0 Å². The minimum Gasteiger partial charge on any atom is -0.486 e. The number of Topliss-reactive ketones (excluding diaryl/α,β-unsaturated/α-hetero) is 1. The van der Waals surface area contributed by atoms with Gasteiger partial charge in [0.1, 0.15) is 11.4 Å². The number of hydrogen-bond acceptors (Lipinski definition) is 7. The fraction of sp³-hybridized carbons (Fsp3) is 0.381. The van der Waals surface area contributed by atoms with Crippen molar-refractivity contribution in [2.75, 3.05) is 18.0 Å². The number of nitrogens with zero attached hydrogens (tertiary/aromatic N) is 3. The standard InChI is InChI=1S/C21H21N3O2S2/c1-13-5-6-15-16(25)12-21(26-18(15)14(13)2)7-9-24(10-8-21)20-23-22-19(28-20)17-4-3-11-27-17/h3-6,11H,7-10,12H2,1-2H3. The van der Waals surface area contributed by atoms with E-state index in [1.807, 2.05) is 25.1 Å². The average Bonchev–Trinajstić information content (AvgIpc) is 3.37. The Morgan fingerprint density at radius 1 is 1.14 bits per heavy atom. The van der Waals surface area contributed by atoms with Gasteiger partial charge in [-0.3, -0.25) is 4.79 Å². The summed E-state index contributed by atoms with van der Waals surface area (Å²) in [5, 5.41) is 12.7. The second-order valence-electron chi connectivity index (χ2n) is 7.62. The highest BCUT2D eigenvalue weighted by atomic mass is 32.1. The fourth-order valence-corrected chi connectivity index (χ4v) is 5.70. The van der Waals surface area contributed by atoms with E-state index in [2.05, 4.69) is 33.5 Å². The van der Waals surface area contributed by atoms with Crippen molar-refractivity contribution in [2.45, 2.75) is 38.7 Å². The number of hydrogen-bond donors (Lipinski definition) is 0. The largest absolute Gasteiger partial charge is 0.486 e. The van der Waals surface area contributed by atoms with Gasteiger partial charge in [-0.1, -0.05) is 23.5 Å². The Bertz CT molecular complexity index is 1030. The molecule has 5 nitrogen and oxygen atoms in total. The fourth-order valence-electron chi connectivity index (χ4n) is 4.01. The predicted molar refractivity (Wildman–Crippen MR) is 113 cm³/mol. The van der Waals surface area contributed by atoms with Crippen LogP contribution in [0, 0.1) is 13.8 Å². The molecule has 0 radical (unpaired) electrons. The van der Waals surface area contributed by atoms with Crippen molar-refractivity contribution in [3.05, 3.63) is 46.3 Å². The zero-order valence-electron chi connectivity index (χ0n) is 15.9. The molecule has 2 aromatic heterocycles. The van der Waals surface area contributed by atoms with Gasteiger partial charge in [0.15, 0.2) is 10.8 Å². The van der Waals surface area contributed by atoms with Crippen molar-refractivity contribution >= 4 is 33.6 Å². The molecule has 144 valence electrons. The quantitative estimate of drug-likeness (QED) is 0.601. The van der Waals surface area contributed by atoms with E-state index < -0.39 is 0 Å². The lowest BCUT2D eigenvalue weighted by Crippen LogP contribution is -2.51. The van der Waals surface area contributed by atoms with Crippen LogP contribution < -0.4 is 9.64 Å². The lowest BCUT2D eigenvalue weighted by atomic mass is 9.81. The van der Waals surface area contributed by atoms with E-state index >= 15 is 0 Å². The van der Waals surface area contributed by atoms with Gasteiger partial charge in [-0.05, 0) is 42.5 Å². The van der Waals surface area contributed by atoms with Crippen molar-refractivity contribution in [3.63, 3.8) is 0 Å². The minimum absolute atomic E-state index is 0.202. The van der Waals surface area contributed by atoms with Crippen molar-refractivity contribution in [2.24, 2.45) is 0 Å². The molecule has 0 atom stereocenters. The SMILES string of the molecule is Cc1ccc2c(c1C)OC1(CCN(c3nnc(-c4cccs4)s3)CC1)CC2=O. The Labute approximate surface area is 172 Å². The summed E-state index contributed by atoms with van der Waals surface area (Å²) >= 11 is 3.31. The van der Waals surface area contributed by atoms with Crippen molar-refractivity contribution in [1.29, 1.82) is 0 Å². The number of aromatic nitrogens is 2. The highest BCUT2D eigenvalue weighted by molar-refractivity contribution is 7.22. The summed E-state index contributed by atoms with van der Waals surface area (Å²) < 4.78 is 6.51. The summed E-state index contributed by atoms with van der Waals surface area (Å²) in [6.45, 7) is 5.76. The number of benzene rings is 1. The van der Waals surface area contributed by atoms with Gasteiger partial charge in [-0.25, -0.2) is 0 Å². The zero-order chi connectivity index (χ0) is 19.3. The Kier molecular flexibility index (Phi) is 4.25. The van der Waals surface area contributed by atoms with E-state index in [-0.39, 0.29) is 11.4 Å². The molecule has 1 spiro atoms. The lowest BCUT2D eigenvalue weighted by molar-refractivity contribution is 0.0225. The van der Waals surface area contributed by atoms with Crippen LogP contribution in [0.1, 0.15) is 40.7 Å². The third-order valence-electron chi connectivity index (χ3n) is 5.87. The Balaban J connectivity index is 1.34. The van der Waals surface area contributed by atoms with E-state index in [4.69, 9.17) is 4.74 Å². The molecule has 2 aliphatic rings. The van der Waals surface area contributed by atoms with Crippen LogP contribution >= 0.6 is 22.7 Å². The van der Waals surface area contributed by atoms with Gasteiger partial charge < -0.3 is 9.64 Å². The molecule has 0 amide bonds. The Morgan fingerprint density at radius 2 is 1.96 bits per heavy atom. The number of fused-ring (bicyclic) bond motifs is 1. The van der Waals surface area contributed by atoms with Gasteiger partial charge in [0.2, 0.25) is 5.13 Å². The second-order valence-corrected chi connectivity index (χ2v) is 9.53. The maximum Gasteiger partial charge on any atom is 0.208 e. The first-order valence-electron chi connectivity index (χ1n) is 9.49. The van der Waals surface area contributed by atoms with Crippen LogP contribution in [0.4, 0.5) is 5.13 Å². The number of ketones is 1. The van der Waals surface area contributed by atoms with Gasteiger partial charge in [-0.2, -0.15) is 0 Å². The molecular weight excluding hydrogens is 390 g/mol. The van der Waals surface area contributed by atoms with Crippen molar-refractivity contribution in [1.82, 2.24) is 10.2 Å². The third kappa shape index (κ3) is 2.93. The maximum atomic E-state index is 12.8. The number of rotatable bonds is 2. The topological polar surface area (TPSA) is 55.3 Å². The molecule has 1 saturated heterocycles. The first-order valence-corrected chi connectivity index (χ1v) is 11.2. The molecule has 0 saturated carbocycles. The summed E-state index contributed by atoms with van der Waals surface area (Å²) in [5.74, 6) is 0.995. The third-order valence-corrected chi connectivity index (χ3v) is 7.89. The molecule has 2 aliphatic heterocycles. The number of anilines is 1. The van der Waals surface area contributed by atoms with Crippen LogP contribution in [0.2, 0.25) is 0 Å². The highest BCUT2D eigenvalue weighted by Crippen LogP contribution is 2.43. The van der Waals surface area contributed by atoms with E-state index in [9.17, 15) is 4.79 Å². The Hall–Kier alpha value is -2.25. The van der Waals surface area contributed by atoms with Gasteiger partial charge in [0, 0.05) is 25.9 Å². The predicted octanol–water partition coefficient (Wildman–Crippen LogP) is 4.89. The van der Waals surface area contributed by atoms with E-state index in [1.54, 1.807) is 22.7 Å². The first kappa shape index (κ1) is 17.8. The number of ether oxygens (including phenoxy) is 1. The maximum absolute atomic E-state index is 12.8. The second kappa shape index (κ2) is 6.67. The van der Waals surface area contributed by atoms with Crippen molar-refractivity contribution in [3.8, 4) is 15.6 Å². The highest BCUT2D eigenvalue weighted by Gasteiger charge is 2.44. The molecule has 0 unspecified atom stereocenters. The van der Waals surface area contributed by atoms with Crippen LogP contribution in [0.25, 0.3) is 9.88 Å². The molecule has 3 aromatic rings. The molecule has 1 aromatic carbocycles. The molecule has 4 heterocycles. The number of piperidine rings is 1. The number of thiophene rings is 1. The summed E-state index contributed by atoms with van der Waals surface area (Å²) in [6, 6.07) is 8.03. The smallest absolute Gasteiger partial charge is 0.208 e. The van der Waals surface area contributed by atoms with Gasteiger partial charge in [-0.15, -0.1) is 21.5 Å². The molecule has 0 bridgehead atoms. The summed E-state index contributed by atoms with van der Waals surface area (Å²) in [7, 11) is 0. The molecule has 0 aliphatic carbocycles. The minimum atomic E-state index is -0.388. The van der Waals surface area contributed by atoms with Crippen LogP contribution in [0.15, 0.2) is 29.6 Å². The lowest BCUT2D eigenvalue weighted by Gasteiger charge is -2.44. The number of carbonyl (C=O) groups is 1. The average molecular weight is 412 g/mol. The van der Waals surface area contributed by atoms with Gasteiger partial charge in [0.05, 0.1) is 16.9 Å². The zero-order valence-corrected chi connectivity index (χ0v) is 17.5. The van der Waals surface area contributed by atoms with Gasteiger partial charge >= 0.3 is 0 Å². The summed E-state index contributed by atoms with van der Waals surface area (Å²) in [6.07, 6.45) is 2.10. The van der Waals surface area contributed by atoms with Crippen molar-refractivity contribution < 1.29 is 9.53 Å². The normalized spacial score (nSPS) is 18.2. The van der Waals surface area contributed by atoms with Crippen LogP contribution in [0.5, 0.6) is 5.75 Å². The molecule has 7 heteroatoms. The first-order chi connectivity index (χ1) is 13.5. The van der Waals surface area contributed by atoms with Crippen LogP contribution in [-0.2, 0) is 0 Å². The van der Waals surface area contributed by atoms with Crippen LogP contribution in [-0.4, -0.2) is 34.7 Å². The molecule has 1 fully saturated rings. The summed E-state index contributed by atoms with van der Waals surface area (Å²) in [4.78, 5) is 16.2. The van der Waals surface area contributed by atoms with E-state index in [1.165, 1.54) is 0 Å². The molecule has 5 rings (SSSR count). The Morgan fingerprint density at radius 3 is 2.71 bits per heavy atom. The molecular formula is C21H21N3O2S2.